The van der Waals surface area contributed by atoms with Crippen molar-refractivity contribution in [3.8, 4) is 0 Å². The van der Waals surface area contributed by atoms with Crippen LogP contribution < -0.4 is 0 Å². The van der Waals surface area contributed by atoms with Gasteiger partial charge in [-0.05, 0) is 12.1 Å². The van der Waals surface area contributed by atoms with Crippen LogP contribution in [0.3, 0.4) is 0 Å². The molecule has 0 atom stereocenters. The standard InChI is InChI=1S/C11H14O6/c1-14-5-6-16-7-8(12)9-3-4-10(17-9)11(13)15-2/h3-4H,5-7H2,1-2H3. The van der Waals surface area contributed by atoms with Crippen molar-refractivity contribution in [3.63, 3.8) is 0 Å². The van der Waals surface area contributed by atoms with Crippen LogP contribution in [0.15, 0.2) is 16.5 Å². The molecule has 0 saturated heterocycles. The lowest BCUT2D eigenvalue weighted by Crippen LogP contribution is -2.11. The van der Waals surface area contributed by atoms with Gasteiger partial charge in [0.1, 0.15) is 6.61 Å². The number of hydrogen-bond donors (Lipinski definition) is 0. The largest absolute Gasteiger partial charge is 0.463 e. The van der Waals surface area contributed by atoms with Gasteiger partial charge in [-0.25, -0.2) is 4.79 Å². The molecule has 0 bridgehead atoms. The van der Waals surface area contributed by atoms with Crippen LogP contribution in [0.5, 0.6) is 0 Å². The Labute approximate surface area is 98.4 Å². The van der Waals surface area contributed by atoms with Gasteiger partial charge >= 0.3 is 5.97 Å². The fraction of sp³-hybridized carbons (Fsp3) is 0.455. The number of ether oxygens (including phenoxy) is 3. The van der Waals surface area contributed by atoms with Crippen molar-refractivity contribution >= 4 is 11.8 Å². The summed E-state index contributed by atoms with van der Waals surface area (Å²) in [6.45, 7) is 0.628. The molecule has 0 unspecified atom stereocenters. The summed E-state index contributed by atoms with van der Waals surface area (Å²) in [5.41, 5.74) is 0. The fourth-order valence-corrected chi connectivity index (χ4v) is 1.08. The van der Waals surface area contributed by atoms with Crippen molar-refractivity contribution in [3.05, 3.63) is 23.7 Å². The van der Waals surface area contributed by atoms with E-state index in [1.807, 2.05) is 0 Å². The van der Waals surface area contributed by atoms with Crippen LogP contribution in [0.4, 0.5) is 0 Å². The molecule has 0 radical (unpaired) electrons. The molecular weight excluding hydrogens is 228 g/mol. The van der Waals surface area contributed by atoms with Gasteiger partial charge in [-0.1, -0.05) is 0 Å². The molecule has 0 aliphatic heterocycles. The first-order valence-corrected chi connectivity index (χ1v) is 4.97. The molecule has 6 nitrogen and oxygen atoms in total. The number of carbonyl (C=O) groups excluding carboxylic acids is 2. The summed E-state index contributed by atoms with van der Waals surface area (Å²) < 4.78 is 19.3. The minimum Gasteiger partial charge on any atom is -0.463 e. The monoisotopic (exact) mass is 242 g/mol. The first-order valence-electron chi connectivity index (χ1n) is 4.97. The Hall–Kier alpha value is -1.66. The van der Waals surface area contributed by atoms with Crippen LogP contribution in [0.1, 0.15) is 21.1 Å². The summed E-state index contributed by atoms with van der Waals surface area (Å²) in [4.78, 5) is 22.6. The van der Waals surface area contributed by atoms with E-state index in [0.29, 0.717) is 13.2 Å². The van der Waals surface area contributed by atoms with E-state index in [0.717, 1.165) is 0 Å². The Bertz CT molecular complexity index is 381. The van der Waals surface area contributed by atoms with Crippen molar-refractivity contribution in [1.29, 1.82) is 0 Å². The second-order valence-corrected chi connectivity index (χ2v) is 3.12. The van der Waals surface area contributed by atoms with Crippen molar-refractivity contribution in [2.45, 2.75) is 0 Å². The highest BCUT2D eigenvalue weighted by molar-refractivity contribution is 5.96. The highest BCUT2D eigenvalue weighted by Gasteiger charge is 2.15. The summed E-state index contributed by atoms with van der Waals surface area (Å²) in [6, 6.07) is 2.79. The Morgan fingerprint density at radius 1 is 1.18 bits per heavy atom. The van der Waals surface area contributed by atoms with E-state index in [-0.39, 0.29) is 23.9 Å². The van der Waals surface area contributed by atoms with Crippen molar-refractivity contribution in [1.82, 2.24) is 0 Å². The second-order valence-electron chi connectivity index (χ2n) is 3.12. The predicted octanol–water partition coefficient (Wildman–Crippen LogP) is 0.912. The fourth-order valence-electron chi connectivity index (χ4n) is 1.08. The topological polar surface area (TPSA) is 75.0 Å². The van der Waals surface area contributed by atoms with Crippen LogP contribution in [0, 0.1) is 0 Å². The third-order valence-electron chi connectivity index (χ3n) is 1.93. The van der Waals surface area contributed by atoms with Gasteiger partial charge in [0.15, 0.2) is 5.76 Å². The maximum Gasteiger partial charge on any atom is 0.373 e. The average molecular weight is 242 g/mol. The molecule has 6 heteroatoms. The van der Waals surface area contributed by atoms with Gasteiger partial charge in [-0.15, -0.1) is 0 Å². The zero-order valence-corrected chi connectivity index (χ0v) is 9.73. The Kier molecular flexibility index (Phi) is 5.38. The maximum absolute atomic E-state index is 11.5. The molecular formula is C11H14O6. The van der Waals surface area contributed by atoms with Crippen LogP contribution in [-0.2, 0) is 14.2 Å². The number of carbonyl (C=O) groups is 2. The van der Waals surface area contributed by atoms with Crippen LogP contribution in [0.25, 0.3) is 0 Å². The SMILES string of the molecule is COCCOCC(=O)c1ccc(C(=O)OC)o1. The number of rotatable bonds is 7. The van der Waals surface area contributed by atoms with Crippen LogP contribution >= 0.6 is 0 Å². The zero-order chi connectivity index (χ0) is 12.7. The van der Waals surface area contributed by atoms with Gasteiger partial charge in [0.05, 0.1) is 20.3 Å². The van der Waals surface area contributed by atoms with Crippen molar-refractivity contribution in [2.24, 2.45) is 0 Å². The molecule has 1 aromatic rings. The Balaban J connectivity index is 2.46. The minimum absolute atomic E-state index is 0.00672. The molecule has 0 amide bonds. The van der Waals surface area contributed by atoms with Gasteiger partial charge in [0.2, 0.25) is 11.5 Å². The van der Waals surface area contributed by atoms with E-state index >= 15 is 0 Å². The highest BCUT2D eigenvalue weighted by atomic mass is 16.5. The molecule has 0 aliphatic rings. The molecule has 0 fully saturated rings. The van der Waals surface area contributed by atoms with E-state index in [1.165, 1.54) is 19.2 Å². The third kappa shape index (κ3) is 4.01. The molecule has 0 aromatic carbocycles. The Morgan fingerprint density at radius 2 is 1.88 bits per heavy atom. The van der Waals surface area contributed by atoms with E-state index in [4.69, 9.17) is 13.9 Å². The molecule has 0 saturated carbocycles. The highest BCUT2D eigenvalue weighted by Crippen LogP contribution is 2.09. The average Bonchev–Trinajstić information content (AvgIpc) is 2.83. The first kappa shape index (κ1) is 13.4. The molecule has 0 spiro atoms. The van der Waals surface area contributed by atoms with E-state index in [2.05, 4.69) is 4.74 Å². The van der Waals surface area contributed by atoms with Crippen LogP contribution in [-0.4, -0.2) is 45.8 Å². The first-order chi connectivity index (χ1) is 8.19. The lowest BCUT2D eigenvalue weighted by Gasteiger charge is -2.00. The summed E-state index contributed by atoms with van der Waals surface area (Å²) in [7, 11) is 2.78. The zero-order valence-electron chi connectivity index (χ0n) is 9.73. The molecule has 1 rings (SSSR count). The summed E-state index contributed by atoms with van der Waals surface area (Å²) >= 11 is 0. The quantitative estimate of drug-likeness (QED) is 0.402. The number of hydrogen-bond acceptors (Lipinski definition) is 6. The maximum atomic E-state index is 11.5. The van der Waals surface area contributed by atoms with E-state index < -0.39 is 5.97 Å². The summed E-state index contributed by atoms with van der Waals surface area (Å²) in [6.07, 6.45) is 0. The molecule has 1 heterocycles. The number of methoxy groups -OCH3 is 2. The van der Waals surface area contributed by atoms with Gasteiger partial charge in [-0.3, -0.25) is 4.79 Å². The number of furan rings is 1. The van der Waals surface area contributed by atoms with E-state index in [9.17, 15) is 9.59 Å². The number of Topliss-reactive ketones (excluding diaryl/α,β-unsaturated/α-hetero) is 1. The second kappa shape index (κ2) is 6.82. The van der Waals surface area contributed by atoms with Gasteiger partial charge in [0.25, 0.3) is 0 Å². The lowest BCUT2D eigenvalue weighted by molar-refractivity contribution is 0.0535. The molecule has 0 N–H and O–H groups in total. The smallest absolute Gasteiger partial charge is 0.373 e. The lowest BCUT2D eigenvalue weighted by atomic mass is 10.3. The molecule has 0 aliphatic carbocycles. The number of ketones is 1. The van der Waals surface area contributed by atoms with Gasteiger partial charge in [0, 0.05) is 7.11 Å². The van der Waals surface area contributed by atoms with Crippen LogP contribution in [0.2, 0.25) is 0 Å². The summed E-state index contributed by atoms with van der Waals surface area (Å²) in [5.74, 6) is -0.892. The van der Waals surface area contributed by atoms with E-state index in [1.54, 1.807) is 7.11 Å². The van der Waals surface area contributed by atoms with Gasteiger partial charge in [-0.2, -0.15) is 0 Å². The predicted molar refractivity (Wildman–Crippen MR) is 57.1 cm³/mol. The number of esters is 1. The molecule has 94 valence electrons. The van der Waals surface area contributed by atoms with Crippen molar-refractivity contribution in [2.75, 3.05) is 34.0 Å². The van der Waals surface area contributed by atoms with Crippen molar-refractivity contribution < 1.29 is 28.2 Å². The molecule has 17 heavy (non-hydrogen) atoms. The molecule has 1 aromatic heterocycles. The normalized spacial score (nSPS) is 10.2. The summed E-state index contributed by atoms with van der Waals surface area (Å²) in [5, 5.41) is 0. The third-order valence-corrected chi connectivity index (χ3v) is 1.93. The Morgan fingerprint density at radius 3 is 2.53 bits per heavy atom. The minimum atomic E-state index is -0.621. The van der Waals surface area contributed by atoms with Gasteiger partial charge < -0.3 is 18.6 Å².